The number of nitro benzene ring substituents is 1. The number of nitro groups is 1. The summed E-state index contributed by atoms with van der Waals surface area (Å²) >= 11 is 2.67. The van der Waals surface area contributed by atoms with Crippen LogP contribution in [-0.4, -0.2) is 21.1 Å². The summed E-state index contributed by atoms with van der Waals surface area (Å²) in [6.07, 6.45) is -1.94. The number of aliphatic carboxylic acids is 1. The maximum atomic E-state index is 13.3. The van der Waals surface area contributed by atoms with E-state index in [1.807, 2.05) is 0 Å². The molecule has 0 saturated heterocycles. The van der Waals surface area contributed by atoms with Crippen molar-refractivity contribution in [2.75, 3.05) is 0 Å². The number of aliphatic hydroxyl groups is 1. The van der Waals surface area contributed by atoms with Crippen molar-refractivity contribution in [3.63, 3.8) is 0 Å². The first-order valence-corrected chi connectivity index (χ1v) is 4.68. The Morgan fingerprint density at radius 2 is 2.12 bits per heavy atom. The Labute approximate surface area is 96.6 Å². The molecule has 1 unspecified atom stereocenters. The number of rotatable bonds is 3. The third-order valence-electron chi connectivity index (χ3n) is 1.82. The van der Waals surface area contributed by atoms with E-state index in [0.717, 1.165) is 12.1 Å². The number of aliphatic hydroxyl groups excluding tert-OH is 1. The van der Waals surface area contributed by atoms with Gasteiger partial charge < -0.3 is 10.2 Å². The molecule has 0 spiro atoms. The highest BCUT2D eigenvalue weighted by Crippen LogP contribution is 2.31. The predicted molar refractivity (Wildman–Crippen MR) is 53.4 cm³/mol. The lowest BCUT2D eigenvalue weighted by atomic mass is 10.1. The zero-order chi connectivity index (χ0) is 12.5. The van der Waals surface area contributed by atoms with Crippen molar-refractivity contribution in [2.24, 2.45) is 0 Å². The number of halogens is 2. The second kappa shape index (κ2) is 4.54. The molecule has 1 aromatic rings. The van der Waals surface area contributed by atoms with E-state index >= 15 is 0 Å². The Morgan fingerprint density at radius 1 is 1.56 bits per heavy atom. The van der Waals surface area contributed by atoms with Gasteiger partial charge in [0.2, 0.25) is 5.82 Å². The molecular formula is C8H5BrFNO5. The van der Waals surface area contributed by atoms with Crippen molar-refractivity contribution in [2.45, 2.75) is 6.10 Å². The Balaban J connectivity index is 3.32. The molecule has 0 aliphatic carbocycles. The monoisotopic (exact) mass is 293 g/mol. The van der Waals surface area contributed by atoms with E-state index in [2.05, 4.69) is 15.9 Å². The maximum absolute atomic E-state index is 13.3. The highest BCUT2D eigenvalue weighted by molar-refractivity contribution is 9.10. The first-order valence-electron chi connectivity index (χ1n) is 3.89. The van der Waals surface area contributed by atoms with E-state index in [0.29, 0.717) is 0 Å². The van der Waals surface area contributed by atoms with Gasteiger partial charge in [-0.1, -0.05) is 0 Å². The van der Waals surface area contributed by atoms with Crippen LogP contribution in [0.2, 0.25) is 0 Å². The third kappa shape index (κ3) is 2.17. The Morgan fingerprint density at radius 3 is 2.56 bits per heavy atom. The minimum atomic E-state index is -1.94. The van der Waals surface area contributed by atoms with Crippen LogP contribution in [-0.2, 0) is 4.79 Å². The van der Waals surface area contributed by atoms with Gasteiger partial charge in [-0.05, 0) is 22.0 Å². The standard InChI is InChI=1S/C8H5BrFNO5/c9-5-3(7(12)8(13)14)1-2-4(6(5)10)11(15)16/h1-2,7,12H,(H,13,14). The number of hydrogen-bond acceptors (Lipinski definition) is 4. The van der Waals surface area contributed by atoms with E-state index < -0.39 is 33.0 Å². The molecule has 16 heavy (non-hydrogen) atoms. The van der Waals surface area contributed by atoms with Crippen LogP contribution in [0.3, 0.4) is 0 Å². The summed E-state index contributed by atoms with van der Waals surface area (Å²) in [5, 5.41) is 28.0. The predicted octanol–water partition coefficient (Wildman–Crippen LogP) is 1.61. The fourth-order valence-corrected chi connectivity index (χ4v) is 1.59. The molecule has 1 aromatic carbocycles. The van der Waals surface area contributed by atoms with Crippen LogP contribution in [0.25, 0.3) is 0 Å². The molecule has 0 aliphatic heterocycles. The summed E-state index contributed by atoms with van der Waals surface area (Å²) in [6.45, 7) is 0. The van der Waals surface area contributed by atoms with E-state index in [1.165, 1.54) is 0 Å². The van der Waals surface area contributed by atoms with Crippen LogP contribution in [0.5, 0.6) is 0 Å². The number of benzene rings is 1. The van der Waals surface area contributed by atoms with Gasteiger partial charge in [0.15, 0.2) is 6.10 Å². The molecule has 0 bridgehead atoms. The number of carbonyl (C=O) groups is 1. The first-order chi connectivity index (χ1) is 7.36. The largest absolute Gasteiger partial charge is 0.479 e. The highest BCUT2D eigenvalue weighted by atomic mass is 79.9. The minimum absolute atomic E-state index is 0.282. The van der Waals surface area contributed by atoms with Gasteiger partial charge in [-0.25, -0.2) is 4.79 Å². The molecule has 2 N–H and O–H groups in total. The van der Waals surface area contributed by atoms with Gasteiger partial charge in [0.05, 0.1) is 9.40 Å². The SMILES string of the molecule is O=C(O)C(O)c1ccc([N+](=O)[O-])c(F)c1Br. The Bertz CT molecular complexity index is 464. The molecule has 0 saturated carbocycles. The smallest absolute Gasteiger partial charge is 0.337 e. The molecule has 1 atom stereocenters. The fraction of sp³-hybridized carbons (Fsp3) is 0.125. The van der Waals surface area contributed by atoms with Crippen molar-refractivity contribution < 1.29 is 24.3 Å². The lowest BCUT2D eigenvalue weighted by Crippen LogP contribution is -2.12. The van der Waals surface area contributed by atoms with Crippen molar-refractivity contribution >= 4 is 27.6 Å². The molecule has 86 valence electrons. The topological polar surface area (TPSA) is 101 Å². The lowest BCUT2D eigenvalue weighted by Gasteiger charge is -2.08. The Kier molecular flexibility index (Phi) is 3.55. The average molecular weight is 294 g/mol. The highest BCUT2D eigenvalue weighted by Gasteiger charge is 2.25. The van der Waals surface area contributed by atoms with Gasteiger partial charge in [-0.2, -0.15) is 4.39 Å². The van der Waals surface area contributed by atoms with Crippen LogP contribution in [0, 0.1) is 15.9 Å². The molecule has 8 heteroatoms. The van der Waals surface area contributed by atoms with Crippen LogP contribution < -0.4 is 0 Å². The normalized spacial score (nSPS) is 12.2. The summed E-state index contributed by atoms with van der Waals surface area (Å²) in [5.74, 6) is -2.79. The molecular weight excluding hydrogens is 289 g/mol. The Hall–Kier alpha value is -1.54. The number of hydrogen-bond donors (Lipinski definition) is 2. The van der Waals surface area contributed by atoms with E-state index in [9.17, 15) is 19.3 Å². The van der Waals surface area contributed by atoms with Crippen LogP contribution >= 0.6 is 15.9 Å². The maximum Gasteiger partial charge on any atom is 0.337 e. The number of nitrogens with zero attached hydrogens (tertiary/aromatic N) is 1. The van der Waals surface area contributed by atoms with Crippen molar-refractivity contribution in [3.05, 3.63) is 38.1 Å². The van der Waals surface area contributed by atoms with Gasteiger partial charge in [0, 0.05) is 11.6 Å². The minimum Gasteiger partial charge on any atom is -0.479 e. The summed E-state index contributed by atoms with van der Waals surface area (Å²) in [5.41, 5.74) is -1.08. The molecule has 6 nitrogen and oxygen atoms in total. The van der Waals surface area contributed by atoms with Gasteiger partial charge >= 0.3 is 11.7 Å². The van der Waals surface area contributed by atoms with E-state index in [1.54, 1.807) is 0 Å². The molecule has 0 aromatic heterocycles. The second-order valence-electron chi connectivity index (χ2n) is 2.80. The fourth-order valence-electron chi connectivity index (χ4n) is 1.04. The summed E-state index contributed by atoms with van der Waals surface area (Å²) < 4.78 is 12.9. The first kappa shape index (κ1) is 12.5. The summed E-state index contributed by atoms with van der Waals surface area (Å²) in [7, 11) is 0. The quantitative estimate of drug-likeness (QED) is 0.651. The van der Waals surface area contributed by atoms with Gasteiger partial charge in [-0.3, -0.25) is 10.1 Å². The summed E-state index contributed by atoms with van der Waals surface area (Å²) in [6, 6.07) is 1.77. The molecule has 1 rings (SSSR count). The van der Waals surface area contributed by atoms with Crippen LogP contribution in [0.4, 0.5) is 10.1 Å². The van der Waals surface area contributed by atoms with Crippen molar-refractivity contribution in [1.82, 2.24) is 0 Å². The van der Waals surface area contributed by atoms with E-state index in [4.69, 9.17) is 10.2 Å². The average Bonchev–Trinajstić information content (AvgIpc) is 2.20. The number of carboxylic acids is 1. The third-order valence-corrected chi connectivity index (χ3v) is 2.62. The molecule has 0 radical (unpaired) electrons. The zero-order valence-electron chi connectivity index (χ0n) is 7.55. The van der Waals surface area contributed by atoms with Crippen LogP contribution in [0.15, 0.2) is 16.6 Å². The summed E-state index contributed by atoms with van der Waals surface area (Å²) in [4.78, 5) is 19.9. The van der Waals surface area contributed by atoms with Gasteiger partial charge in [0.25, 0.3) is 0 Å². The zero-order valence-corrected chi connectivity index (χ0v) is 9.14. The van der Waals surface area contributed by atoms with Crippen molar-refractivity contribution in [3.8, 4) is 0 Å². The second-order valence-corrected chi connectivity index (χ2v) is 3.59. The molecule has 0 amide bonds. The van der Waals surface area contributed by atoms with Gasteiger partial charge in [0.1, 0.15) is 0 Å². The van der Waals surface area contributed by atoms with Gasteiger partial charge in [-0.15, -0.1) is 0 Å². The molecule has 0 fully saturated rings. The molecule has 0 aliphatic rings. The van der Waals surface area contributed by atoms with Crippen LogP contribution in [0.1, 0.15) is 11.7 Å². The lowest BCUT2D eigenvalue weighted by molar-refractivity contribution is -0.387. The van der Waals surface area contributed by atoms with E-state index in [-0.39, 0.29) is 5.56 Å². The number of carboxylic acid groups (broad SMARTS) is 1. The van der Waals surface area contributed by atoms with Crippen molar-refractivity contribution in [1.29, 1.82) is 0 Å². The molecule has 0 heterocycles.